The van der Waals surface area contributed by atoms with E-state index in [0.29, 0.717) is 24.5 Å². The van der Waals surface area contributed by atoms with Gasteiger partial charge in [0.25, 0.3) is 5.91 Å². The summed E-state index contributed by atoms with van der Waals surface area (Å²) in [6, 6.07) is -0.209. The van der Waals surface area contributed by atoms with Gasteiger partial charge in [-0.15, -0.1) is 0 Å². The lowest BCUT2D eigenvalue weighted by Gasteiger charge is -2.11. The molecule has 0 aliphatic heterocycles. The molecule has 0 saturated carbocycles. The van der Waals surface area contributed by atoms with Gasteiger partial charge in [-0.05, 0) is 6.92 Å². The van der Waals surface area contributed by atoms with Gasteiger partial charge in [-0.3, -0.25) is 9.89 Å². The maximum Gasteiger partial charge on any atom is 0.316 e. The van der Waals surface area contributed by atoms with Gasteiger partial charge in [-0.1, -0.05) is 0 Å². The van der Waals surface area contributed by atoms with E-state index in [1.54, 1.807) is 21.0 Å². The van der Waals surface area contributed by atoms with Crippen molar-refractivity contribution in [3.05, 3.63) is 11.4 Å². The summed E-state index contributed by atoms with van der Waals surface area (Å²) < 4.78 is 0. The number of nitrogens with two attached hydrogens (primary N) is 1. The first-order valence-corrected chi connectivity index (χ1v) is 5.47. The van der Waals surface area contributed by atoms with E-state index in [2.05, 4.69) is 20.8 Å². The van der Waals surface area contributed by atoms with Crippen LogP contribution in [0.4, 0.5) is 10.5 Å². The van der Waals surface area contributed by atoms with E-state index in [4.69, 9.17) is 5.73 Å². The van der Waals surface area contributed by atoms with Crippen LogP contribution in [0.25, 0.3) is 0 Å². The van der Waals surface area contributed by atoms with Crippen LogP contribution >= 0.6 is 0 Å². The molecule has 0 radical (unpaired) electrons. The molecule has 0 saturated heterocycles. The van der Waals surface area contributed by atoms with Crippen molar-refractivity contribution in [2.24, 2.45) is 0 Å². The molecule has 0 aromatic carbocycles. The van der Waals surface area contributed by atoms with Crippen LogP contribution in [0.3, 0.4) is 0 Å². The Kier molecular flexibility index (Phi) is 4.52. The average Bonchev–Trinajstić information content (AvgIpc) is 2.65. The summed E-state index contributed by atoms with van der Waals surface area (Å²) in [5, 5.41) is 11.7. The van der Waals surface area contributed by atoms with E-state index in [1.807, 2.05) is 0 Å². The molecule has 1 heterocycles. The van der Waals surface area contributed by atoms with Crippen molar-refractivity contribution < 1.29 is 9.59 Å². The van der Waals surface area contributed by atoms with E-state index >= 15 is 0 Å². The second-order valence-electron chi connectivity index (χ2n) is 3.99. The number of hydrogen-bond donors (Lipinski definition) is 4. The lowest BCUT2D eigenvalue weighted by molar-refractivity contribution is 0.0949. The first-order valence-electron chi connectivity index (χ1n) is 5.47. The van der Waals surface area contributed by atoms with Gasteiger partial charge >= 0.3 is 6.03 Å². The smallest absolute Gasteiger partial charge is 0.316 e. The Morgan fingerprint density at radius 2 is 1.94 bits per heavy atom. The first kappa shape index (κ1) is 13.8. The minimum absolute atomic E-state index is 0.173. The molecule has 8 nitrogen and oxygen atoms in total. The highest BCUT2D eigenvalue weighted by atomic mass is 16.2. The van der Waals surface area contributed by atoms with Crippen LogP contribution < -0.4 is 16.4 Å². The second-order valence-corrected chi connectivity index (χ2v) is 3.99. The molecule has 0 bridgehead atoms. The lowest BCUT2D eigenvalue weighted by atomic mass is 10.3. The number of H-pyrrole nitrogens is 1. The van der Waals surface area contributed by atoms with Crippen LogP contribution in [0, 0.1) is 6.92 Å². The number of aryl methyl sites for hydroxylation is 1. The molecule has 0 spiro atoms. The van der Waals surface area contributed by atoms with Crippen LogP contribution in [-0.2, 0) is 0 Å². The number of nitrogens with one attached hydrogen (secondary N) is 3. The number of nitrogen functional groups attached to an aromatic ring is 1. The van der Waals surface area contributed by atoms with E-state index < -0.39 is 0 Å². The fourth-order valence-corrected chi connectivity index (χ4v) is 1.20. The fraction of sp³-hybridized carbons (Fsp3) is 0.500. The van der Waals surface area contributed by atoms with E-state index in [9.17, 15) is 9.59 Å². The van der Waals surface area contributed by atoms with Gasteiger partial charge in [0.15, 0.2) is 5.69 Å². The Hall–Kier alpha value is -2.25. The number of urea groups is 1. The Morgan fingerprint density at radius 3 is 2.44 bits per heavy atom. The summed E-state index contributed by atoms with van der Waals surface area (Å²) in [5.74, 6) is -0.365. The van der Waals surface area contributed by atoms with Crippen molar-refractivity contribution in [2.45, 2.75) is 6.92 Å². The van der Waals surface area contributed by atoms with Gasteiger partial charge in [0, 0.05) is 27.2 Å². The molecular weight excluding hydrogens is 236 g/mol. The highest BCUT2D eigenvalue weighted by Gasteiger charge is 2.14. The van der Waals surface area contributed by atoms with Crippen LogP contribution in [0.2, 0.25) is 0 Å². The minimum atomic E-state index is -0.365. The number of anilines is 1. The standard InChI is InChI=1S/C10H18N6O2/c1-6-7(11)8(15-14-6)9(17)12-4-5-13-10(18)16(2)3/h4-5,11H2,1-3H3,(H,12,17)(H,13,18)(H,14,15). The molecule has 18 heavy (non-hydrogen) atoms. The molecule has 0 atom stereocenters. The number of hydrogen-bond acceptors (Lipinski definition) is 4. The minimum Gasteiger partial charge on any atom is -0.395 e. The molecule has 0 aliphatic rings. The number of amides is 3. The summed E-state index contributed by atoms with van der Waals surface area (Å²) in [7, 11) is 3.28. The first-order chi connectivity index (χ1) is 8.43. The summed E-state index contributed by atoms with van der Waals surface area (Å²) >= 11 is 0. The van der Waals surface area contributed by atoms with Crippen molar-refractivity contribution in [3.8, 4) is 0 Å². The predicted octanol–water partition coefficient (Wildman–Crippen LogP) is -0.699. The number of nitrogens with zero attached hydrogens (tertiary/aromatic N) is 2. The summed E-state index contributed by atoms with van der Waals surface area (Å²) in [5.41, 5.74) is 6.83. The van der Waals surface area contributed by atoms with Crippen LogP contribution in [-0.4, -0.2) is 54.2 Å². The van der Waals surface area contributed by atoms with Crippen molar-refractivity contribution in [2.75, 3.05) is 32.9 Å². The molecule has 1 aromatic heterocycles. The largest absolute Gasteiger partial charge is 0.395 e. The molecule has 1 rings (SSSR count). The summed E-state index contributed by atoms with van der Waals surface area (Å²) in [6.45, 7) is 2.38. The highest BCUT2D eigenvalue weighted by molar-refractivity contribution is 5.97. The van der Waals surface area contributed by atoms with Crippen molar-refractivity contribution in [3.63, 3.8) is 0 Å². The third-order valence-corrected chi connectivity index (χ3v) is 2.30. The number of aromatic nitrogens is 2. The van der Waals surface area contributed by atoms with E-state index in [0.717, 1.165) is 0 Å². The van der Waals surface area contributed by atoms with Crippen molar-refractivity contribution >= 4 is 17.6 Å². The number of aromatic amines is 1. The van der Waals surface area contributed by atoms with Gasteiger partial charge < -0.3 is 21.3 Å². The van der Waals surface area contributed by atoms with Crippen LogP contribution in [0.5, 0.6) is 0 Å². The van der Waals surface area contributed by atoms with Crippen LogP contribution in [0.15, 0.2) is 0 Å². The fourth-order valence-electron chi connectivity index (χ4n) is 1.20. The zero-order valence-electron chi connectivity index (χ0n) is 10.7. The molecule has 100 valence electrons. The van der Waals surface area contributed by atoms with Crippen LogP contribution in [0.1, 0.15) is 16.2 Å². The maximum absolute atomic E-state index is 11.7. The molecular formula is C10H18N6O2. The third kappa shape index (κ3) is 3.37. The zero-order valence-corrected chi connectivity index (χ0v) is 10.7. The third-order valence-electron chi connectivity index (χ3n) is 2.30. The van der Waals surface area contributed by atoms with E-state index in [1.165, 1.54) is 4.90 Å². The zero-order chi connectivity index (χ0) is 13.7. The summed E-state index contributed by atoms with van der Waals surface area (Å²) in [6.07, 6.45) is 0. The topological polar surface area (TPSA) is 116 Å². The molecule has 8 heteroatoms. The normalized spacial score (nSPS) is 9.94. The lowest BCUT2D eigenvalue weighted by Crippen LogP contribution is -2.39. The second kappa shape index (κ2) is 5.89. The maximum atomic E-state index is 11.7. The highest BCUT2D eigenvalue weighted by Crippen LogP contribution is 2.11. The van der Waals surface area contributed by atoms with E-state index in [-0.39, 0.29) is 17.6 Å². The average molecular weight is 254 g/mol. The Balaban J connectivity index is 2.34. The molecule has 1 aromatic rings. The van der Waals surface area contributed by atoms with Gasteiger partial charge in [0.05, 0.1) is 11.4 Å². The quantitative estimate of drug-likeness (QED) is 0.532. The Bertz CT molecular complexity index is 440. The van der Waals surface area contributed by atoms with Gasteiger partial charge in [0.1, 0.15) is 0 Å². The molecule has 0 aliphatic carbocycles. The van der Waals surface area contributed by atoms with Gasteiger partial charge in [0.2, 0.25) is 0 Å². The van der Waals surface area contributed by atoms with Crippen molar-refractivity contribution in [1.29, 1.82) is 0 Å². The molecule has 5 N–H and O–H groups in total. The molecule has 0 unspecified atom stereocenters. The number of rotatable bonds is 4. The SMILES string of the molecule is Cc1[nH]nc(C(=O)NCCNC(=O)N(C)C)c1N. The summed E-state index contributed by atoms with van der Waals surface area (Å²) in [4.78, 5) is 24.3. The van der Waals surface area contributed by atoms with Gasteiger partial charge in [-0.2, -0.15) is 5.10 Å². The Labute approximate surface area is 105 Å². The predicted molar refractivity (Wildman–Crippen MR) is 67.2 cm³/mol. The monoisotopic (exact) mass is 254 g/mol. The number of carbonyl (C=O) groups excluding carboxylic acids is 2. The van der Waals surface area contributed by atoms with Crippen molar-refractivity contribution in [1.82, 2.24) is 25.7 Å². The molecule has 0 fully saturated rings. The molecule has 3 amide bonds. The number of carbonyl (C=O) groups is 2. The Morgan fingerprint density at radius 1 is 1.33 bits per heavy atom. The van der Waals surface area contributed by atoms with Gasteiger partial charge in [-0.25, -0.2) is 4.79 Å².